The van der Waals surface area contributed by atoms with Gasteiger partial charge in [0.2, 0.25) is 5.91 Å². The summed E-state index contributed by atoms with van der Waals surface area (Å²) in [7, 11) is 0. The summed E-state index contributed by atoms with van der Waals surface area (Å²) in [6, 6.07) is 0. The van der Waals surface area contributed by atoms with E-state index in [-0.39, 0.29) is 18.9 Å². The van der Waals surface area contributed by atoms with Crippen molar-refractivity contribution >= 4 is 23.2 Å². The average Bonchev–Trinajstić information content (AvgIpc) is 2.61. The van der Waals surface area contributed by atoms with Crippen LogP contribution in [0.2, 0.25) is 0 Å². The Morgan fingerprint density at radius 3 is 2.88 bits per heavy atom. The van der Waals surface area contributed by atoms with Gasteiger partial charge in [-0.05, 0) is 13.8 Å². The van der Waals surface area contributed by atoms with Gasteiger partial charge in [-0.1, -0.05) is 0 Å². The number of carbonyl (C=O) groups excluding carboxylic acids is 2. The molecule has 1 rings (SSSR count). The highest BCUT2D eigenvalue weighted by molar-refractivity contribution is 7.09. The van der Waals surface area contributed by atoms with Crippen molar-refractivity contribution in [2.45, 2.75) is 20.3 Å². The number of amides is 1. The van der Waals surface area contributed by atoms with Crippen LogP contribution in [-0.4, -0.2) is 30.0 Å². The number of esters is 1. The fraction of sp³-hybridized carbons (Fsp3) is 0.500. The van der Waals surface area contributed by atoms with Gasteiger partial charge in [-0.25, -0.2) is 4.98 Å². The standard InChI is InChI=1S/C10H14N2O3S/c1-3-15-10(14)5-11-8(13)4-9-12-7(2)6-16-9/h6H,3-5H2,1-2H3,(H,11,13). The molecule has 0 bridgehead atoms. The third-order valence-corrected chi connectivity index (χ3v) is 2.68. The lowest BCUT2D eigenvalue weighted by Crippen LogP contribution is -2.31. The number of rotatable bonds is 5. The van der Waals surface area contributed by atoms with Crippen molar-refractivity contribution in [1.82, 2.24) is 10.3 Å². The molecule has 0 spiro atoms. The Hall–Kier alpha value is -1.43. The van der Waals surface area contributed by atoms with Crippen molar-refractivity contribution in [1.29, 1.82) is 0 Å². The van der Waals surface area contributed by atoms with E-state index in [1.807, 2.05) is 12.3 Å². The van der Waals surface area contributed by atoms with Crippen molar-refractivity contribution in [3.63, 3.8) is 0 Å². The zero-order valence-electron chi connectivity index (χ0n) is 9.28. The summed E-state index contributed by atoms with van der Waals surface area (Å²) < 4.78 is 4.68. The van der Waals surface area contributed by atoms with Crippen molar-refractivity contribution < 1.29 is 14.3 Å². The maximum Gasteiger partial charge on any atom is 0.325 e. The van der Waals surface area contributed by atoms with Crippen LogP contribution in [-0.2, 0) is 20.7 Å². The summed E-state index contributed by atoms with van der Waals surface area (Å²) >= 11 is 1.43. The van der Waals surface area contributed by atoms with E-state index in [0.29, 0.717) is 6.61 Å². The van der Waals surface area contributed by atoms with Crippen LogP contribution in [0.5, 0.6) is 0 Å². The van der Waals surface area contributed by atoms with E-state index in [4.69, 9.17) is 0 Å². The molecule has 0 aliphatic heterocycles. The summed E-state index contributed by atoms with van der Waals surface area (Å²) in [6.07, 6.45) is 0.206. The van der Waals surface area contributed by atoms with Crippen molar-refractivity contribution in [3.8, 4) is 0 Å². The number of carbonyl (C=O) groups is 2. The molecule has 0 aliphatic carbocycles. The summed E-state index contributed by atoms with van der Waals surface area (Å²) in [4.78, 5) is 26.5. The molecule has 0 aromatic carbocycles. The fourth-order valence-electron chi connectivity index (χ4n) is 1.07. The Morgan fingerprint density at radius 1 is 1.56 bits per heavy atom. The highest BCUT2D eigenvalue weighted by atomic mass is 32.1. The molecule has 0 saturated carbocycles. The quantitative estimate of drug-likeness (QED) is 0.771. The first-order chi connectivity index (χ1) is 7.61. The second-order valence-electron chi connectivity index (χ2n) is 3.14. The van der Waals surface area contributed by atoms with Gasteiger partial charge in [-0.15, -0.1) is 11.3 Å². The lowest BCUT2D eigenvalue weighted by atomic mass is 10.4. The van der Waals surface area contributed by atoms with E-state index in [1.54, 1.807) is 6.92 Å². The highest BCUT2D eigenvalue weighted by Crippen LogP contribution is 2.08. The highest BCUT2D eigenvalue weighted by Gasteiger charge is 2.08. The largest absolute Gasteiger partial charge is 0.465 e. The van der Waals surface area contributed by atoms with Gasteiger partial charge in [0, 0.05) is 11.1 Å². The predicted molar refractivity (Wildman–Crippen MR) is 60.2 cm³/mol. The molecular formula is C10H14N2O3S. The Morgan fingerprint density at radius 2 is 2.31 bits per heavy atom. The predicted octanol–water partition coefficient (Wildman–Crippen LogP) is 0.673. The molecule has 0 unspecified atom stereocenters. The lowest BCUT2D eigenvalue weighted by Gasteiger charge is -2.03. The Balaban J connectivity index is 2.28. The van der Waals surface area contributed by atoms with Crippen LogP contribution >= 0.6 is 11.3 Å². The fourth-order valence-corrected chi connectivity index (χ4v) is 1.84. The maximum atomic E-state index is 11.4. The van der Waals surface area contributed by atoms with Crippen LogP contribution in [0, 0.1) is 6.92 Å². The normalized spacial score (nSPS) is 9.88. The summed E-state index contributed by atoms with van der Waals surface area (Å²) in [5.41, 5.74) is 0.901. The Kier molecular flexibility index (Phi) is 4.91. The van der Waals surface area contributed by atoms with Crippen LogP contribution < -0.4 is 5.32 Å². The molecule has 1 amide bonds. The van der Waals surface area contributed by atoms with E-state index < -0.39 is 5.97 Å². The molecule has 1 heterocycles. The van der Waals surface area contributed by atoms with E-state index in [0.717, 1.165) is 10.7 Å². The molecule has 5 nitrogen and oxygen atoms in total. The minimum absolute atomic E-state index is 0.0863. The molecule has 0 fully saturated rings. The molecule has 0 saturated heterocycles. The Bertz CT molecular complexity index is 376. The monoisotopic (exact) mass is 242 g/mol. The van der Waals surface area contributed by atoms with Gasteiger partial charge in [0.15, 0.2) is 0 Å². The second kappa shape index (κ2) is 6.22. The molecule has 0 atom stereocenters. The zero-order valence-corrected chi connectivity index (χ0v) is 10.1. The molecule has 6 heteroatoms. The van der Waals surface area contributed by atoms with Crippen LogP contribution in [0.4, 0.5) is 0 Å². The molecule has 88 valence electrons. The molecule has 0 radical (unpaired) electrons. The first-order valence-corrected chi connectivity index (χ1v) is 5.83. The first kappa shape index (κ1) is 12.6. The van der Waals surface area contributed by atoms with Crippen LogP contribution in [0.1, 0.15) is 17.6 Å². The van der Waals surface area contributed by atoms with E-state index in [2.05, 4.69) is 15.0 Å². The topological polar surface area (TPSA) is 68.3 Å². The van der Waals surface area contributed by atoms with Crippen LogP contribution in [0.25, 0.3) is 0 Å². The van der Waals surface area contributed by atoms with E-state index in [1.165, 1.54) is 11.3 Å². The number of nitrogens with one attached hydrogen (secondary N) is 1. The van der Waals surface area contributed by atoms with Crippen LogP contribution in [0.15, 0.2) is 5.38 Å². The summed E-state index contributed by atoms with van der Waals surface area (Å²) in [5, 5.41) is 5.11. The van der Waals surface area contributed by atoms with Gasteiger partial charge >= 0.3 is 5.97 Å². The summed E-state index contributed by atoms with van der Waals surface area (Å²) in [6.45, 7) is 3.83. The third-order valence-electron chi connectivity index (χ3n) is 1.71. The summed E-state index contributed by atoms with van der Waals surface area (Å²) in [5.74, 6) is -0.645. The van der Waals surface area contributed by atoms with Crippen molar-refractivity contribution in [3.05, 3.63) is 16.1 Å². The minimum atomic E-state index is -0.425. The maximum absolute atomic E-state index is 11.4. The molecule has 16 heavy (non-hydrogen) atoms. The van der Waals surface area contributed by atoms with Crippen molar-refractivity contribution in [2.24, 2.45) is 0 Å². The molecule has 0 aliphatic rings. The number of aryl methyl sites for hydroxylation is 1. The van der Waals surface area contributed by atoms with Crippen LogP contribution in [0.3, 0.4) is 0 Å². The number of nitrogens with zero attached hydrogens (tertiary/aromatic N) is 1. The van der Waals surface area contributed by atoms with Gasteiger partial charge in [-0.2, -0.15) is 0 Å². The molecular weight excluding hydrogens is 228 g/mol. The van der Waals surface area contributed by atoms with Gasteiger partial charge < -0.3 is 10.1 Å². The number of thiazole rings is 1. The zero-order chi connectivity index (χ0) is 12.0. The number of ether oxygens (including phenoxy) is 1. The molecule has 1 aromatic heterocycles. The first-order valence-electron chi connectivity index (χ1n) is 4.95. The van der Waals surface area contributed by atoms with Gasteiger partial charge in [0.25, 0.3) is 0 Å². The van der Waals surface area contributed by atoms with E-state index in [9.17, 15) is 9.59 Å². The lowest BCUT2D eigenvalue weighted by molar-refractivity contribution is -0.143. The van der Waals surface area contributed by atoms with Gasteiger partial charge in [0.1, 0.15) is 11.6 Å². The number of hydrogen-bond donors (Lipinski definition) is 1. The van der Waals surface area contributed by atoms with Gasteiger partial charge in [0.05, 0.1) is 13.0 Å². The van der Waals surface area contributed by atoms with Gasteiger partial charge in [-0.3, -0.25) is 9.59 Å². The smallest absolute Gasteiger partial charge is 0.325 e. The Labute approximate surface area is 97.8 Å². The average molecular weight is 242 g/mol. The third kappa shape index (κ3) is 4.39. The second-order valence-corrected chi connectivity index (χ2v) is 4.08. The number of hydrogen-bond acceptors (Lipinski definition) is 5. The van der Waals surface area contributed by atoms with E-state index >= 15 is 0 Å². The SMILES string of the molecule is CCOC(=O)CNC(=O)Cc1nc(C)cs1. The molecule has 1 aromatic rings. The van der Waals surface area contributed by atoms with Crippen molar-refractivity contribution in [2.75, 3.05) is 13.2 Å². The minimum Gasteiger partial charge on any atom is -0.465 e. The number of aromatic nitrogens is 1. The molecule has 1 N–H and O–H groups in total.